The molecule has 1 saturated heterocycles. The Morgan fingerprint density at radius 2 is 2.03 bits per heavy atom. The van der Waals surface area contributed by atoms with Crippen molar-refractivity contribution in [1.29, 1.82) is 0 Å². The number of hydrogen-bond donors (Lipinski definition) is 3. The van der Waals surface area contributed by atoms with E-state index >= 15 is 0 Å². The smallest absolute Gasteiger partial charge is 0.254 e. The monoisotopic (exact) mass is 502 g/mol. The minimum Gasteiger partial charge on any atom is -0.390 e. The van der Waals surface area contributed by atoms with Gasteiger partial charge in [-0.15, -0.1) is 0 Å². The van der Waals surface area contributed by atoms with Crippen LogP contribution >= 0.6 is 0 Å². The molecule has 190 valence electrons. The van der Waals surface area contributed by atoms with Crippen LogP contribution in [-0.2, 0) is 6.54 Å². The van der Waals surface area contributed by atoms with Gasteiger partial charge in [-0.05, 0) is 38.8 Å². The first-order valence-corrected chi connectivity index (χ1v) is 12.3. The first kappa shape index (κ1) is 23.3. The van der Waals surface area contributed by atoms with Crippen LogP contribution in [0.2, 0.25) is 0 Å². The van der Waals surface area contributed by atoms with Crippen molar-refractivity contribution in [1.82, 2.24) is 29.7 Å². The number of halogens is 1. The van der Waals surface area contributed by atoms with E-state index in [1.54, 1.807) is 23.0 Å². The molecule has 0 aliphatic carbocycles. The van der Waals surface area contributed by atoms with E-state index in [2.05, 4.69) is 35.5 Å². The zero-order valence-electron chi connectivity index (χ0n) is 20.6. The first-order chi connectivity index (χ1) is 17.8. The minimum absolute atomic E-state index is 0.201. The van der Waals surface area contributed by atoms with Gasteiger partial charge in [-0.25, -0.2) is 9.97 Å². The lowest BCUT2D eigenvalue weighted by molar-refractivity contribution is 0.0110. The number of anilines is 3. The third kappa shape index (κ3) is 4.25. The molecule has 6 rings (SSSR count). The molecular formula is C26H27FN8O2. The van der Waals surface area contributed by atoms with E-state index in [4.69, 9.17) is 0 Å². The van der Waals surface area contributed by atoms with Crippen molar-refractivity contribution in [2.75, 3.05) is 23.3 Å². The van der Waals surface area contributed by atoms with Crippen molar-refractivity contribution >= 4 is 28.9 Å². The quantitative estimate of drug-likeness (QED) is 0.356. The molecule has 1 amide bonds. The second-order valence-electron chi connectivity index (χ2n) is 10.1. The third-order valence-corrected chi connectivity index (χ3v) is 7.22. The first-order valence-electron chi connectivity index (χ1n) is 12.3. The highest BCUT2D eigenvalue weighted by Crippen LogP contribution is 2.34. The number of piperidine rings is 1. The Morgan fingerprint density at radius 3 is 2.81 bits per heavy atom. The van der Waals surface area contributed by atoms with Gasteiger partial charge in [-0.2, -0.15) is 9.37 Å². The highest BCUT2D eigenvalue weighted by molar-refractivity contribution is 6.05. The van der Waals surface area contributed by atoms with E-state index in [-0.39, 0.29) is 17.6 Å². The maximum Gasteiger partial charge on any atom is 0.254 e. The van der Waals surface area contributed by atoms with E-state index in [1.165, 1.54) is 6.07 Å². The average Bonchev–Trinajstić information content (AvgIpc) is 3.48. The normalized spacial score (nSPS) is 17.7. The van der Waals surface area contributed by atoms with Crippen molar-refractivity contribution in [3.8, 4) is 11.4 Å². The molecule has 37 heavy (non-hydrogen) atoms. The Kier molecular flexibility index (Phi) is 5.52. The topological polar surface area (TPSA) is 121 Å². The second-order valence-corrected chi connectivity index (χ2v) is 10.1. The van der Waals surface area contributed by atoms with Crippen LogP contribution in [0, 0.1) is 11.9 Å². The SMILES string of the molecule is CC(C)(O)[C@@H]1CCCN(c2ccc(Nc3cnc(-c4cnc5nc(F)ccn45)c4c3C(=O)NC4)nc2)C1. The van der Waals surface area contributed by atoms with Gasteiger partial charge in [-0.1, -0.05) is 0 Å². The number of carbonyl (C=O) groups excluding carboxylic acids is 1. The second kappa shape index (κ2) is 8.77. The molecule has 6 heterocycles. The number of amides is 1. The lowest BCUT2D eigenvalue weighted by Crippen LogP contribution is -2.44. The highest BCUT2D eigenvalue weighted by atomic mass is 19.1. The Morgan fingerprint density at radius 1 is 1.16 bits per heavy atom. The number of pyridine rings is 2. The number of rotatable bonds is 5. The summed E-state index contributed by atoms with van der Waals surface area (Å²) in [5.41, 5.74) is 3.24. The number of nitrogens with zero attached hydrogens (tertiary/aromatic N) is 6. The average molecular weight is 503 g/mol. The van der Waals surface area contributed by atoms with Crippen LogP contribution in [0.4, 0.5) is 21.6 Å². The predicted molar refractivity (Wildman–Crippen MR) is 136 cm³/mol. The zero-order chi connectivity index (χ0) is 25.7. The largest absolute Gasteiger partial charge is 0.390 e. The van der Waals surface area contributed by atoms with Crippen molar-refractivity contribution in [2.24, 2.45) is 5.92 Å². The maximum absolute atomic E-state index is 13.5. The van der Waals surface area contributed by atoms with Gasteiger partial charge in [0, 0.05) is 43.4 Å². The van der Waals surface area contributed by atoms with Crippen LogP contribution < -0.4 is 15.5 Å². The summed E-state index contributed by atoms with van der Waals surface area (Å²) in [6, 6.07) is 5.12. The number of aliphatic hydroxyl groups is 1. The van der Waals surface area contributed by atoms with E-state index in [1.807, 2.05) is 32.2 Å². The van der Waals surface area contributed by atoms with Gasteiger partial charge < -0.3 is 20.6 Å². The minimum atomic E-state index is -0.719. The van der Waals surface area contributed by atoms with Crippen molar-refractivity contribution in [3.63, 3.8) is 0 Å². The molecule has 11 heteroatoms. The number of fused-ring (bicyclic) bond motifs is 2. The molecule has 10 nitrogen and oxygen atoms in total. The Bertz CT molecular complexity index is 1500. The predicted octanol–water partition coefficient (Wildman–Crippen LogP) is 3.30. The zero-order valence-corrected chi connectivity index (χ0v) is 20.6. The molecule has 1 atom stereocenters. The summed E-state index contributed by atoms with van der Waals surface area (Å²) in [4.78, 5) is 32.2. The standard InChI is InChI=1S/C26H27FN8O2/c1-26(2,37)15-4-3-8-34(14-15)16-5-6-21(28-10-16)32-18-12-29-23(17-11-30-24(36)22(17)18)19-13-31-25-33-20(27)7-9-35(19)25/h5-7,9-10,12-13,15,37H,3-4,8,11,14H2,1-2H3,(H,28,32)(H,30,36)/t15-/m1/s1. The summed E-state index contributed by atoms with van der Waals surface area (Å²) in [5, 5.41) is 16.5. The molecule has 0 radical (unpaired) electrons. The fourth-order valence-corrected chi connectivity index (χ4v) is 5.15. The van der Waals surface area contributed by atoms with Gasteiger partial charge in [0.05, 0.1) is 52.5 Å². The van der Waals surface area contributed by atoms with Crippen LogP contribution in [-0.4, -0.2) is 54.0 Å². The summed E-state index contributed by atoms with van der Waals surface area (Å²) in [6.07, 6.45) is 8.55. The van der Waals surface area contributed by atoms with Crippen LogP contribution in [0.1, 0.15) is 42.6 Å². The van der Waals surface area contributed by atoms with E-state index in [9.17, 15) is 14.3 Å². The third-order valence-electron chi connectivity index (χ3n) is 7.22. The molecular weight excluding hydrogens is 475 g/mol. The van der Waals surface area contributed by atoms with Gasteiger partial charge in [0.25, 0.3) is 5.91 Å². The van der Waals surface area contributed by atoms with E-state index < -0.39 is 11.5 Å². The van der Waals surface area contributed by atoms with Gasteiger partial charge in [0.15, 0.2) is 0 Å². The maximum atomic E-state index is 13.5. The Hall–Kier alpha value is -4.12. The lowest BCUT2D eigenvalue weighted by atomic mass is 9.84. The van der Waals surface area contributed by atoms with Crippen molar-refractivity contribution in [3.05, 3.63) is 60.1 Å². The summed E-state index contributed by atoms with van der Waals surface area (Å²) in [7, 11) is 0. The molecule has 4 aromatic heterocycles. The lowest BCUT2D eigenvalue weighted by Gasteiger charge is -2.39. The fourth-order valence-electron chi connectivity index (χ4n) is 5.15. The van der Waals surface area contributed by atoms with Crippen LogP contribution in [0.5, 0.6) is 0 Å². The van der Waals surface area contributed by atoms with Gasteiger partial charge in [0.2, 0.25) is 11.7 Å². The number of nitrogens with one attached hydrogen (secondary N) is 2. The summed E-state index contributed by atoms with van der Waals surface area (Å²) < 4.78 is 15.2. The number of imidazole rings is 1. The van der Waals surface area contributed by atoms with Gasteiger partial charge >= 0.3 is 0 Å². The summed E-state index contributed by atoms with van der Waals surface area (Å²) >= 11 is 0. The molecule has 0 aromatic carbocycles. The van der Waals surface area contributed by atoms with Gasteiger partial charge in [-0.3, -0.25) is 14.2 Å². The molecule has 4 aromatic rings. The van der Waals surface area contributed by atoms with Crippen LogP contribution in [0.25, 0.3) is 17.2 Å². The van der Waals surface area contributed by atoms with Crippen LogP contribution in [0.3, 0.4) is 0 Å². The fraction of sp³-hybridized carbons (Fsp3) is 0.346. The molecule has 1 fully saturated rings. The molecule has 0 unspecified atom stereocenters. The molecule has 0 saturated carbocycles. The molecule has 0 spiro atoms. The van der Waals surface area contributed by atoms with Crippen molar-refractivity contribution in [2.45, 2.75) is 38.8 Å². The molecule has 2 aliphatic rings. The molecule has 2 aliphatic heterocycles. The molecule has 3 N–H and O–H groups in total. The Balaban J connectivity index is 1.27. The summed E-state index contributed by atoms with van der Waals surface area (Å²) in [5.74, 6) is 0.187. The van der Waals surface area contributed by atoms with Crippen LogP contribution in [0.15, 0.2) is 43.0 Å². The number of carbonyl (C=O) groups is 1. The van der Waals surface area contributed by atoms with E-state index in [0.717, 1.165) is 37.2 Å². The summed E-state index contributed by atoms with van der Waals surface area (Å²) in [6.45, 7) is 5.75. The number of aromatic nitrogens is 5. The Labute approximate surface area is 212 Å². The van der Waals surface area contributed by atoms with Gasteiger partial charge in [0.1, 0.15) is 5.82 Å². The molecule has 0 bridgehead atoms. The number of hydrogen-bond acceptors (Lipinski definition) is 8. The van der Waals surface area contributed by atoms with Crippen molar-refractivity contribution < 1.29 is 14.3 Å². The highest BCUT2D eigenvalue weighted by Gasteiger charge is 2.32. The van der Waals surface area contributed by atoms with E-state index in [0.29, 0.717) is 35.0 Å².